The second-order valence-electron chi connectivity index (χ2n) is 7.45. The summed E-state index contributed by atoms with van der Waals surface area (Å²) in [6, 6.07) is 5.50. The number of aryl methyl sites for hydroxylation is 2. The Hall–Kier alpha value is -2.64. The van der Waals surface area contributed by atoms with Crippen molar-refractivity contribution in [2.24, 2.45) is 0 Å². The fourth-order valence-electron chi connectivity index (χ4n) is 4.36. The molecule has 0 radical (unpaired) electrons. The molecule has 1 spiro atoms. The maximum absolute atomic E-state index is 13.1. The van der Waals surface area contributed by atoms with Crippen LogP contribution in [-0.2, 0) is 11.8 Å². The average molecular weight is 391 g/mol. The maximum atomic E-state index is 13.1. The van der Waals surface area contributed by atoms with E-state index >= 15 is 0 Å². The van der Waals surface area contributed by atoms with E-state index < -0.39 is 18.0 Å². The summed E-state index contributed by atoms with van der Waals surface area (Å²) in [5.74, 6) is -0.227. The molecule has 28 heavy (non-hydrogen) atoms. The maximum Gasteiger partial charge on any atom is 0.573 e. The van der Waals surface area contributed by atoms with Gasteiger partial charge in [-0.2, -0.15) is 0 Å². The van der Waals surface area contributed by atoms with E-state index in [-0.39, 0.29) is 11.0 Å². The number of benzene rings is 1. The summed E-state index contributed by atoms with van der Waals surface area (Å²) in [5, 5.41) is 0. The van der Waals surface area contributed by atoms with Crippen LogP contribution >= 0.6 is 0 Å². The Balaban J connectivity index is 1.62. The topological polar surface area (TPSA) is 55.3 Å². The zero-order valence-electron chi connectivity index (χ0n) is 15.4. The fraction of sp³-hybridized carbons (Fsp3) is 0.450. The Labute approximate surface area is 160 Å². The Morgan fingerprint density at radius 1 is 1.25 bits per heavy atom. The minimum atomic E-state index is -4.85. The van der Waals surface area contributed by atoms with Gasteiger partial charge in [0.05, 0.1) is 11.3 Å². The SMILES string of the molecule is Cc1ncc2c(n1)C1(CCCN(C(=O)c3ccccc3OC(F)(F)F)C1)CC2. The number of piperidine rings is 1. The minimum Gasteiger partial charge on any atom is -0.405 e. The predicted octanol–water partition coefficient (Wildman–Crippen LogP) is 3.80. The van der Waals surface area contributed by atoms with Gasteiger partial charge < -0.3 is 9.64 Å². The van der Waals surface area contributed by atoms with Crippen LogP contribution in [0.1, 0.15) is 46.7 Å². The van der Waals surface area contributed by atoms with Gasteiger partial charge in [0.2, 0.25) is 0 Å². The summed E-state index contributed by atoms with van der Waals surface area (Å²) in [4.78, 5) is 23.6. The van der Waals surface area contributed by atoms with Crippen molar-refractivity contribution in [3.63, 3.8) is 0 Å². The molecule has 148 valence electrons. The number of amides is 1. The van der Waals surface area contributed by atoms with Gasteiger partial charge in [-0.25, -0.2) is 9.97 Å². The van der Waals surface area contributed by atoms with Gasteiger partial charge in [0.1, 0.15) is 11.6 Å². The molecule has 0 N–H and O–H groups in total. The Morgan fingerprint density at radius 2 is 2.04 bits per heavy atom. The highest BCUT2D eigenvalue weighted by atomic mass is 19.4. The van der Waals surface area contributed by atoms with Gasteiger partial charge >= 0.3 is 6.36 Å². The van der Waals surface area contributed by atoms with E-state index in [1.165, 1.54) is 24.3 Å². The summed E-state index contributed by atoms with van der Waals surface area (Å²) in [6.07, 6.45) is 0.395. The van der Waals surface area contributed by atoms with Crippen molar-refractivity contribution in [3.8, 4) is 5.75 Å². The number of alkyl halides is 3. The third-order valence-electron chi connectivity index (χ3n) is 5.57. The van der Waals surface area contributed by atoms with Crippen LogP contribution in [0.25, 0.3) is 0 Å². The van der Waals surface area contributed by atoms with Crippen LogP contribution in [0.3, 0.4) is 0 Å². The van der Waals surface area contributed by atoms with E-state index in [4.69, 9.17) is 0 Å². The number of carbonyl (C=O) groups excluding carboxylic acids is 1. The van der Waals surface area contributed by atoms with E-state index in [2.05, 4.69) is 14.7 Å². The molecule has 0 saturated carbocycles. The zero-order chi connectivity index (χ0) is 19.9. The molecule has 1 unspecified atom stereocenters. The molecule has 1 aliphatic carbocycles. The van der Waals surface area contributed by atoms with Crippen LogP contribution < -0.4 is 4.74 Å². The molecule has 4 rings (SSSR count). The lowest BCUT2D eigenvalue weighted by molar-refractivity contribution is -0.274. The molecule has 1 aliphatic heterocycles. The molecule has 5 nitrogen and oxygen atoms in total. The average Bonchev–Trinajstić information content (AvgIpc) is 2.98. The first-order valence-corrected chi connectivity index (χ1v) is 9.24. The van der Waals surface area contributed by atoms with Gasteiger partial charge in [0.25, 0.3) is 5.91 Å². The highest BCUT2D eigenvalue weighted by Gasteiger charge is 2.45. The zero-order valence-corrected chi connectivity index (χ0v) is 15.4. The van der Waals surface area contributed by atoms with Crippen molar-refractivity contribution in [2.45, 2.75) is 44.4 Å². The first-order valence-electron chi connectivity index (χ1n) is 9.24. The van der Waals surface area contributed by atoms with Gasteiger partial charge in [-0.05, 0) is 50.3 Å². The summed E-state index contributed by atoms with van der Waals surface area (Å²) >= 11 is 0. The summed E-state index contributed by atoms with van der Waals surface area (Å²) in [7, 11) is 0. The van der Waals surface area contributed by atoms with E-state index in [1.807, 2.05) is 13.1 Å². The smallest absolute Gasteiger partial charge is 0.405 e. The van der Waals surface area contributed by atoms with E-state index in [9.17, 15) is 18.0 Å². The third kappa shape index (κ3) is 3.43. The van der Waals surface area contributed by atoms with Gasteiger partial charge in [0, 0.05) is 24.7 Å². The first kappa shape index (κ1) is 18.7. The fourth-order valence-corrected chi connectivity index (χ4v) is 4.36. The molecular weight excluding hydrogens is 371 g/mol. The van der Waals surface area contributed by atoms with E-state index in [0.717, 1.165) is 36.9 Å². The van der Waals surface area contributed by atoms with E-state index in [1.54, 1.807) is 4.90 Å². The monoisotopic (exact) mass is 391 g/mol. The number of fused-ring (bicyclic) bond motifs is 2. The van der Waals surface area contributed by atoms with Crippen LogP contribution in [0.4, 0.5) is 13.2 Å². The number of ether oxygens (including phenoxy) is 1. The molecule has 1 aromatic heterocycles. The number of carbonyl (C=O) groups is 1. The molecule has 1 fully saturated rings. The van der Waals surface area contributed by atoms with Crippen molar-refractivity contribution in [1.82, 2.24) is 14.9 Å². The van der Waals surface area contributed by atoms with Crippen LogP contribution in [0, 0.1) is 6.92 Å². The molecule has 0 bridgehead atoms. The normalized spacial score (nSPS) is 21.6. The molecule has 1 aromatic carbocycles. The Kier molecular flexibility index (Phi) is 4.51. The second-order valence-corrected chi connectivity index (χ2v) is 7.45. The lowest BCUT2D eigenvalue weighted by Gasteiger charge is -2.40. The molecule has 8 heteroatoms. The number of rotatable bonds is 2. The standard InChI is InChI=1S/C20H20F3N3O2/c1-13-24-11-14-7-9-19(17(14)25-13)8-4-10-26(12-19)18(27)15-5-2-3-6-16(15)28-20(21,22)23/h2-3,5-6,11H,4,7-10,12H2,1H3. The van der Waals surface area contributed by atoms with Gasteiger partial charge in [-0.15, -0.1) is 13.2 Å². The van der Waals surface area contributed by atoms with Crippen molar-refractivity contribution < 1.29 is 22.7 Å². The Bertz CT molecular complexity index is 912. The number of hydrogen-bond acceptors (Lipinski definition) is 4. The molecule has 2 heterocycles. The number of likely N-dealkylation sites (tertiary alicyclic amines) is 1. The van der Waals surface area contributed by atoms with E-state index in [0.29, 0.717) is 18.9 Å². The molecule has 1 atom stereocenters. The largest absolute Gasteiger partial charge is 0.573 e. The van der Waals surface area contributed by atoms with Crippen molar-refractivity contribution in [1.29, 1.82) is 0 Å². The van der Waals surface area contributed by atoms with Crippen molar-refractivity contribution >= 4 is 5.91 Å². The molecule has 1 amide bonds. The minimum absolute atomic E-state index is 0.0750. The van der Waals surface area contributed by atoms with Crippen LogP contribution in [0.15, 0.2) is 30.5 Å². The highest BCUT2D eigenvalue weighted by Crippen LogP contribution is 2.44. The number of hydrogen-bond donors (Lipinski definition) is 0. The quantitative estimate of drug-likeness (QED) is 0.781. The lowest BCUT2D eigenvalue weighted by Crippen LogP contribution is -2.48. The number of aromatic nitrogens is 2. The van der Waals surface area contributed by atoms with Crippen LogP contribution in [0.2, 0.25) is 0 Å². The summed E-state index contributed by atoms with van der Waals surface area (Å²) in [6.45, 7) is 2.78. The van der Waals surface area contributed by atoms with Crippen molar-refractivity contribution in [2.75, 3.05) is 13.1 Å². The number of nitrogens with zero attached hydrogens (tertiary/aromatic N) is 3. The second kappa shape index (κ2) is 6.76. The summed E-state index contributed by atoms with van der Waals surface area (Å²) < 4.78 is 42.2. The number of para-hydroxylation sites is 1. The van der Waals surface area contributed by atoms with Crippen LogP contribution in [-0.4, -0.2) is 40.2 Å². The van der Waals surface area contributed by atoms with Crippen molar-refractivity contribution in [3.05, 3.63) is 53.1 Å². The summed E-state index contributed by atoms with van der Waals surface area (Å²) in [5.41, 5.74) is 1.75. The first-order chi connectivity index (χ1) is 13.3. The molecular formula is C20H20F3N3O2. The van der Waals surface area contributed by atoms with Gasteiger partial charge in [-0.1, -0.05) is 12.1 Å². The third-order valence-corrected chi connectivity index (χ3v) is 5.57. The number of halogens is 3. The lowest BCUT2D eigenvalue weighted by atomic mass is 9.77. The molecule has 2 aromatic rings. The molecule has 1 saturated heterocycles. The molecule has 2 aliphatic rings. The van der Waals surface area contributed by atoms with Crippen LogP contribution in [0.5, 0.6) is 5.75 Å². The Morgan fingerprint density at radius 3 is 2.82 bits per heavy atom. The van der Waals surface area contributed by atoms with Gasteiger partial charge in [0.15, 0.2) is 0 Å². The predicted molar refractivity (Wildman–Crippen MR) is 95.0 cm³/mol. The van der Waals surface area contributed by atoms with Gasteiger partial charge in [-0.3, -0.25) is 4.79 Å². The highest BCUT2D eigenvalue weighted by molar-refractivity contribution is 5.97.